The molecule has 0 aromatic heterocycles. The molecule has 1 amide bonds. The van der Waals surface area contributed by atoms with Gasteiger partial charge in [-0.3, -0.25) is 14.4 Å². The average molecular weight is 405 g/mol. The van der Waals surface area contributed by atoms with E-state index in [0.29, 0.717) is 0 Å². The largest absolute Gasteiger partial charge is 0.508 e. The lowest BCUT2D eigenvalue weighted by molar-refractivity contribution is 0.0851. The van der Waals surface area contributed by atoms with E-state index in [1.807, 2.05) is 0 Å². The fraction of sp³-hybridized carbons (Fsp3) is 0.0870. The molecule has 0 aliphatic heterocycles. The van der Waals surface area contributed by atoms with Gasteiger partial charge in [-0.05, 0) is 42.8 Å². The molecule has 3 aromatic carbocycles. The SMILES string of the molecule is CC(=O)c1ccccc1C(=O)N[C@@H](C(=O)c1c(O)cccc1O)c1cccc(O)c1. The lowest BCUT2D eigenvalue weighted by atomic mass is 9.95. The highest BCUT2D eigenvalue weighted by Crippen LogP contribution is 2.32. The maximum absolute atomic E-state index is 13.2. The van der Waals surface area contributed by atoms with Gasteiger partial charge < -0.3 is 20.6 Å². The molecule has 0 aliphatic carbocycles. The molecular weight excluding hydrogens is 386 g/mol. The van der Waals surface area contributed by atoms with Crippen LogP contribution in [0.4, 0.5) is 0 Å². The molecule has 0 saturated carbocycles. The summed E-state index contributed by atoms with van der Waals surface area (Å²) in [6, 6.07) is 14.3. The number of benzene rings is 3. The summed E-state index contributed by atoms with van der Waals surface area (Å²) in [6.45, 7) is 1.32. The number of phenols is 3. The van der Waals surface area contributed by atoms with E-state index in [-0.39, 0.29) is 33.8 Å². The molecule has 0 saturated heterocycles. The fourth-order valence-electron chi connectivity index (χ4n) is 3.13. The number of hydrogen-bond acceptors (Lipinski definition) is 6. The van der Waals surface area contributed by atoms with Gasteiger partial charge >= 0.3 is 0 Å². The minimum absolute atomic E-state index is 0.0736. The van der Waals surface area contributed by atoms with Crippen molar-refractivity contribution in [3.63, 3.8) is 0 Å². The topological polar surface area (TPSA) is 124 Å². The van der Waals surface area contributed by atoms with E-state index >= 15 is 0 Å². The lowest BCUT2D eigenvalue weighted by Crippen LogP contribution is -2.34. The van der Waals surface area contributed by atoms with Crippen molar-refractivity contribution in [2.45, 2.75) is 13.0 Å². The zero-order valence-electron chi connectivity index (χ0n) is 16.0. The van der Waals surface area contributed by atoms with Crippen LogP contribution in [0.1, 0.15) is 49.6 Å². The third kappa shape index (κ3) is 4.15. The number of nitrogens with one attached hydrogen (secondary N) is 1. The first-order chi connectivity index (χ1) is 14.3. The molecule has 0 bridgehead atoms. The third-order valence-corrected chi connectivity index (χ3v) is 4.56. The van der Waals surface area contributed by atoms with Gasteiger partial charge in [0.1, 0.15) is 28.9 Å². The van der Waals surface area contributed by atoms with Crippen LogP contribution in [0.25, 0.3) is 0 Å². The Morgan fingerprint density at radius 2 is 1.40 bits per heavy atom. The van der Waals surface area contributed by atoms with E-state index in [1.165, 1.54) is 61.5 Å². The van der Waals surface area contributed by atoms with Gasteiger partial charge in [-0.15, -0.1) is 0 Å². The number of rotatable bonds is 6. The van der Waals surface area contributed by atoms with Crippen molar-refractivity contribution in [1.82, 2.24) is 5.32 Å². The molecule has 0 radical (unpaired) electrons. The molecule has 1 atom stereocenters. The maximum Gasteiger partial charge on any atom is 0.252 e. The van der Waals surface area contributed by atoms with Crippen LogP contribution >= 0.6 is 0 Å². The van der Waals surface area contributed by atoms with Crippen molar-refractivity contribution in [2.75, 3.05) is 0 Å². The van der Waals surface area contributed by atoms with E-state index in [9.17, 15) is 29.7 Å². The predicted molar refractivity (Wildman–Crippen MR) is 109 cm³/mol. The number of amides is 1. The van der Waals surface area contributed by atoms with Gasteiger partial charge in [-0.2, -0.15) is 0 Å². The third-order valence-electron chi connectivity index (χ3n) is 4.56. The average Bonchev–Trinajstić information content (AvgIpc) is 2.71. The minimum atomic E-state index is -1.34. The second kappa shape index (κ2) is 8.48. The molecular formula is C23H19NO6. The van der Waals surface area contributed by atoms with Crippen molar-refractivity contribution >= 4 is 17.5 Å². The Balaban J connectivity index is 2.06. The van der Waals surface area contributed by atoms with Gasteiger partial charge in [0.25, 0.3) is 5.91 Å². The van der Waals surface area contributed by atoms with Crippen molar-refractivity contribution < 1.29 is 29.7 Å². The zero-order chi connectivity index (χ0) is 21.8. The van der Waals surface area contributed by atoms with Gasteiger partial charge in [0.15, 0.2) is 11.6 Å². The molecule has 3 rings (SSSR count). The van der Waals surface area contributed by atoms with Crippen LogP contribution in [0.15, 0.2) is 66.7 Å². The molecule has 0 unspecified atom stereocenters. The monoisotopic (exact) mass is 405 g/mol. The molecule has 0 aliphatic rings. The second-order valence-electron chi connectivity index (χ2n) is 6.64. The summed E-state index contributed by atoms with van der Waals surface area (Å²) in [5.74, 6) is -2.85. The summed E-state index contributed by atoms with van der Waals surface area (Å²) in [4.78, 5) is 38.0. The summed E-state index contributed by atoms with van der Waals surface area (Å²) in [5, 5.41) is 32.6. The Hall–Kier alpha value is -4.13. The van der Waals surface area contributed by atoms with E-state index in [0.717, 1.165) is 0 Å². The standard InChI is InChI=1S/C23H19NO6/c1-13(25)16-8-2-3-9-17(16)23(30)24-21(14-6-4-7-15(26)12-14)22(29)20-18(27)10-5-11-19(20)28/h2-12,21,26-28H,1H3,(H,24,30)/t21-/m1/s1. The van der Waals surface area contributed by atoms with Crippen molar-refractivity contribution in [2.24, 2.45) is 0 Å². The Kier molecular flexibility index (Phi) is 5.83. The number of aromatic hydroxyl groups is 3. The van der Waals surface area contributed by atoms with Crippen molar-refractivity contribution in [1.29, 1.82) is 0 Å². The van der Waals surface area contributed by atoms with Gasteiger partial charge in [-0.1, -0.05) is 36.4 Å². The number of hydrogen-bond donors (Lipinski definition) is 4. The Morgan fingerprint density at radius 3 is 2.00 bits per heavy atom. The van der Waals surface area contributed by atoms with Crippen LogP contribution in [0.2, 0.25) is 0 Å². The Morgan fingerprint density at radius 1 is 0.800 bits per heavy atom. The summed E-state index contributed by atoms with van der Waals surface area (Å²) < 4.78 is 0. The van der Waals surface area contributed by atoms with Crippen LogP contribution in [0.5, 0.6) is 17.2 Å². The fourth-order valence-corrected chi connectivity index (χ4v) is 3.13. The number of phenolic OH excluding ortho intramolecular Hbond substituents is 3. The van der Waals surface area contributed by atoms with Gasteiger partial charge in [0.05, 0.1) is 5.56 Å². The maximum atomic E-state index is 13.2. The lowest BCUT2D eigenvalue weighted by Gasteiger charge is -2.20. The molecule has 0 spiro atoms. The van der Waals surface area contributed by atoms with Crippen molar-refractivity contribution in [3.05, 3.63) is 89.0 Å². The predicted octanol–water partition coefficient (Wildman–Crippen LogP) is 3.36. The van der Waals surface area contributed by atoms with E-state index in [2.05, 4.69) is 5.32 Å². The van der Waals surface area contributed by atoms with Gasteiger partial charge in [0.2, 0.25) is 0 Å². The molecule has 3 aromatic rings. The van der Waals surface area contributed by atoms with Crippen LogP contribution in [0, 0.1) is 0 Å². The van der Waals surface area contributed by atoms with Gasteiger partial charge in [-0.25, -0.2) is 0 Å². The van der Waals surface area contributed by atoms with Crippen LogP contribution in [0.3, 0.4) is 0 Å². The minimum Gasteiger partial charge on any atom is -0.508 e. The van der Waals surface area contributed by atoms with Crippen LogP contribution in [-0.4, -0.2) is 32.8 Å². The molecule has 0 heterocycles. The highest BCUT2D eigenvalue weighted by Gasteiger charge is 2.29. The Labute approximate surface area is 172 Å². The van der Waals surface area contributed by atoms with Crippen LogP contribution in [-0.2, 0) is 0 Å². The smallest absolute Gasteiger partial charge is 0.252 e. The first-order valence-corrected chi connectivity index (χ1v) is 9.04. The molecule has 7 heteroatoms. The van der Waals surface area contributed by atoms with Crippen molar-refractivity contribution in [3.8, 4) is 17.2 Å². The van der Waals surface area contributed by atoms with Gasteiger partial charge in [0, 0.05) is 5.56 Å². The summed E-state index contributed by atoms with van der Waals surface area (Å²) >= 11 is 0. The molecule has 152 valence electrons. The Bertz CT molecular complexity index is 1120. The number of carbonyl (C=O) groups excluding carboxylic acids is 3. The first-order valence-electron chi connectivity index (χ1n) is 9.04. The van der Waals surface area contributed by atoms with Crippen LogP contribution < -0.4 is 5.32 Å². The zero-order valence-corrected chi connectivity index (χ0v) is 16.0. The summed E-state index contributed by atoms with van der Waals surface area (Å²) in [5.41, 5.74) is 0.120. The van der Waals surface area contributed by atoms with E-state index in [1.54, 1.807) is 12.1 Å². The van der Waals surface area contributed by atoms with E-state index < -0.39 is 29.2 Å². The number of carbonyl (C=O) groups is 3. The number of ketones is 2. The molecule has 4 N–H and O–H groups in total. The second-order valence-corrected chi connectivity index (χ2v) is 6.64. The highest BCUT2D eigenvalue weighted by molar-refractivity contribution is 6.11. The highest BCUT2D eigenvalue weighted by atomic mass is 16.3. The first kappa shape index (κ1) is 20.6. The van der Waals surface area contributed by atoms with E-state index in [4.69, 9.17) is 0 Å². The summed E-state index contributed by atoms with van der Waals surface area (Å²) in [6.07, 6.45) is 0. The summed E-state index contributed by atoms with van der Waals surface area (Å²) in [7, 11) is 0. The quantitative estimate of drug-likeness (QED) is 0.466. The normalized spacial score (nSPS) is 11.5. The molecule has 0 fully saturated rings. The molecule has 30 heavy (non-hydrogen) atoms. The molecule has 7 nitrogen and oxygen atoms in total. The number of Topliss-reactive ketones (excluding diaryl/α,β-unsaturated/α-hetero) is 2.